The van der Waals surface area contributed by atoms with E-state index in [9.17, 15) is 36.6 Å². The van der Waals surface area contributed by atoms with Crippen LogP contribution in [0.5, 0.6) is 11.5 Å². The SMILES string of the molecule is O=C(N/N=C/c1ccc(O)c(O)c1)c1cccc(S(=O)(=O)Nc2cccc(C(F)(F)F)c2)c1. The molecule has 0 heterocycles. The van der Waals surface area contributed by atoms with E-state index in [1.165, 1.54) is 48.7 Å². The molecule has 4 N–H and O–H groups in total. The number of carbonyl (C=O) groups is 1. The summed E-state index contributed by atoms with van der Waals surface area (Å²) in [6.07, 6.45) is -3.45. The maximum Gasteiger partial charge on any atom is 0.416 e. The molecule has 0 aliphatic heterocycles. The van der Waals surface area contributed by atoms with Gasteiger partial charge in [-0.25, -0.2) is 13.8 Å². The molecular formula is C21H16F3N3O5S. The van der Waals surface area contributed by atoms with Gasteiger partial charge < -0.3 is 10.2 Å². The van der Waals surface area contributed by atoms with Crippen molar-refractivity contribution >= 4 is 27.8 Å². The number of carbonyl (C=O) groups excluding carboxylic acids is 1. The van der Waals surface area contributed by atoms with E-state index in [1.807, 2.05) is 0 Å². The number of hydrogen-bond acceptors (Lipinski definition) is 6. The van der Waals surface area contributed by atoms with Gasteiger partial charge in [-0.05, 0) is 60.2 Å². The molecule has 0 spiro atoms. The molecule has 33 heavy (non-hydrogen) atoms. The minimum Gasteiger partial charge on any atom is -0.504 e. The van der Waals surface area contributed by atoms with Gasteiger partial charge in [0.15, 0.2) is 11.5 Å². The first-order chi connectivity index (χ1) is 15.5. The molecule has 1 amide bonds. The number of benzene rings is 3. The molecule has 0 saturated carbocycles. The third-order valence-corrected chi connectivity index (χ3v) is 5.61. The zero-order valence-corrected chi connectivity index (χ0v) is 17.4. The lowest BCUT2D eigenvalue weighted by atomic mass is 10.2. The van der Waals surface area contributed by atoms with Gasteiger partial charge in [-0.2, -0.15) is 18.3 Å². The highest BCUT2D eigenvalue weighted by Gasteiger charge is 2.30. The third kappa shape index (κ3) is 6.01. The predicted octanol–water partition coefficient (Wildman–Crippen LogP) is 3.68. The second-order valence-electron chi connectivity index (χ2n) is 6.66. The summed E-state index contributed by atoms with van der Waals surface area (Å²) < 4.78 is 65.8. The van der Waals surface area contributed by atoms with Crippen molar-refractivity contribution in [3.05, 3.63) is 83.4 Å². The van der Waals surface area contributed by atoms with Gasteiger partial charge in [0.1, 0.15) is 0 Å². The smallest absolute Gasteiger partial charge is 0.416 e. The standard InChI is InChI=1S/C21H16F3N3O5S/c22-21(23,24)15-4-2-5-16(11-15)27-33(31,32)17-6-1-3-14(10-17)20(30)26-25-12-13-7-8-18(28)19(29)9-13/h1-12,27-29H,(H,26,30)/b25-12+. The molecule has 0 fully saturated rings. The highest BCUT2D eigenvalue weighted by Crippen LogP contribution is 2.31. The van der Waals surface area contributed by atoms with Crippen molar-refractivity contribution < 1.29 is 36.6 Å². The van der Waals surface area contributed by atoms with Crippen LogP contribution in [0.25, 0.3) is 0 Å². The van der Waals surface area contributed by atoms with Crippen molar-refractivity contribution in [2.45, 2.75) is 11.1 Å². The molecule has 0 aliphatic carbocycles. The maximum absolute atomic E-state index is 12.9. The van der Waals surface area contributed by atoms with Crippen molar-refractivity contribution in [1.29, 1.82) is 0 Å². The van der Waals surface area contributed by atoms with Gasteiger partial charge in [-0.3, -0.25) is 9.52 Å². The molecule has 0 saturated heterocycles. The average molecular weight is 479 g/mol. The molecule has 0 unspecified atom stereocenters. The Balaban J connectivity index is 1.74. The lowest BCUT2D eigenvalue weighted by molar-refractivity contribution is -0.137. The highest BCUT2D eigenvalue weighted by atomic mass is 32.2. The molecule has 3 rings (SSSR count). The fraction of sp³-hybridized carbons (Fsp3) is 0.0476. The first kappa shape index (κ1) is 23.6. The van der Waals surface area contributed by atoms with E-state index < -0.39 is 27.7 Å². The first-order valence-corrected chi connectivity index (χ1v) is 10.6. The van der Waals surface area contributed by atoms with Crippen LogP contribution in [-0.2, 0) is 16.2 Å². The molecule has 3 aromatic carbocycles. The summed E-state index contributed by atoms with van der Waals surface area (Å²) >= 11 is 0. The Bertz CT molecular complexity index is 1320. The summed E-state index contributed by atoms with van der Waals surface area (Å²) in [5.74, 6) is -1.46. The van der Waals surface area contributed by atoms with E-state index in [4.69, 9.17) is 0 Å². The largest absolute Gasteiger partial charge is 0.504 e. The van der Waals surface area contributed by atoms with Crippen LogP contribution in [0.2, 0.25) is 0 Å². The summed E-state index contributed by atoms with van der Waals surface area (Å²) in [5.41, 5.74) is 1.16. The van der Waals surface area contributed by atoms with E-state index in [-0.39, 0.29) is 27.6 Å². The molecule has 0 aromatic heterocycles. The van der Waals surface area contributed by atoms with Crippen molar-refractivity contribution in [3.63, 3.8) is 0 Å². The molecule has 8 nitrogen and oxygen atoms in total. The number of hydrogen-bond donors (Lipinski definition) is 4. The fourth-order valence-corrected chi connectivity index (χ4v) is 3.72. The summed E-state index contributed by atoms with van der Waals surface area (Å²) in [6, 6.07) is 12.4. The Morgan fingerprint density at radius 2 is 1.67 bits per heavy atom. The van der Waals surface area contributed by atoms with Crippen LogP contribution < -0.4 is 10.1 Å². The van der Waals surface area contributed by atoms with Crippen LogP contribution in [-0.4, -0.2) is 30.8 Å². The molecular weight excluding hydrogens is 463 g/mol. The Kier molecular flexibility index (Phi) is 6.58. The van der Waals surface area contributed by atoms with Gasteiger partial charge in [0.05, 0.1) is 16.7 Å². The predicted molar refractivity (Wildman–Crippen MR) is 114 cm³/mol. The van der Waals surface area contributed by atoms with Crippen LogP contribution in [0.15, 0.2) is 76.7 Å². The summed E-state index contributed by atoms with van der Waals surface area (Å²) in [4.78, 5) is 11.9. The number of nitrogens with zero attached hydrogens (tertiary/aromatic N) is 1. The first-order valence-electron chi connectivity index (χ1n) is 9.11. The van der Waals surface area contributed by atoms with E-state index in [1.54, 1.807) is 0 Å². The molecule has 12 heteroatoms. The minimum absolute atomic E-state index is 0.0763. The Morgan fingerprint density at radius 1 is 0.939 bits per heavy atom. The van der Waals surface area contributed by atoms with Crippen LogP contribution in [0.1, 0.15) is 21.5 Å². The van der Waals surface area contributed by atoms with Crippen LogP contribution >= 0.6 is 0 Å². The van der Waals surface area contributed by atoms with E-state index in [2.05, 4.69) is 15.2 Å². The van der Waals surface area contributed by atoms with Crippen molar-refractivity contribution in [1.82, 2.24) is 5.43 Å². The number of anilines is 1. The lowest BCUT2D eigenvalue weighted by Crippen LogP contribution is -2.19. The molecule has 0 radical (unpaired) electrons. The summed E-state index contributed by atoms with van der Waals surface area (Å²) in [7, 11) is -4.29. The lowest BCUT2D eigenvalue weighted by Gasteiger charge is -2.12. The van der Waals surface area contributed by atoms with E-state index in [0.29, 0.717) is 11.6 Å². The zero-order chi connectivity index (χ0) is 24.2. The number of phenolic OH excluding ortho intramolecular Hbond substituents is 2. The average Bonchev–Trinajstić information content (AvgIpc) is 2.75. The van der Waals surface area contributed by atoms with Crippen LogP contribution in [0.3, 0.4) is 0 Å². The third-order valence-electron chi connectivity index (χ3n) is 4.23. The Labute approximate surface area is 186 Å². The van der Waals surface area contributed by atoms with Crippen molar-refractivity contribution in [2.24, 2.45) is 5.10 Å². The van der Waals surface area contributed by atoms with Gasteiger partial charge in [0.25, 0.3) is 15.9 Å². The molecule has 172 valence electrons. The Morgan fingerprint density at radius 3 is 2.36 bits per heavy atom. The normalized spacial score (nSPS) is 12.0. The van der Waals surface area contributed by atoms with Gasteiger partial charge >= 0.3 is 6.18 Å². The number of rotatable bonds is 6. The monoisotopic (exact) mass is 479 g/mol. The summed E-state index contributed by atoms with van der Waals surface area (Å²) in [6.45, 7) is 0. The van der Waals surface area contributed by atoms with Crippen molar-refractivity contribution in [2.75, 3.05) is 4.72 Å². The topological polar surface area (TPSA) is 128 Å². The zero-order valence-electron chi connectivity index (χ0n) is 16.5. The molecule has 3 aromatic rings. The second-order valence-corrected chi connectivity index (χ2v) is 8.34. The Hall–Kier alpha value is -4.06. The fourth-order valence-electron chi connectivity index (χ4n) is 2.63. The van der Waals surface area contributed by atoms with Crippen molar-refractivity contribution in [3.8, 4) is 11.5 Å². The van der Waals surface area contributed by atoms with Gasteiger partial charge in [-0.15, -0.1) is 0 Å². The summed E-state index contributed by atoms with van der Waals surface area (Å²) in [5, 5.41) is 22.4. The number of phenols is 2. The number of halogens is 3. The van der Waals surface area contributed by atoms with Gasteiger partial charge in [-0.1, -0.05) is 12.1 Å². The van der Waals surface area contributed by atoms with E-state index >= 15 is 0 Å². The van der Waals surface area contributed by atoms with E-state index in [0.717, 1.165) is 18.2 Å². The number of sulfonamides is 1. The maximum atomic E-state index is 12.9. The van der Waals surface area contributed by atoms with Gasteiger partial charge in [0.2, 0.25) is 0 Å². The van der Waals surface area contributed by atoms with Crippen LogP contribution in [0, 0.1) is 0 Å². The minimum atomic E-state index is -4.64. The number of nitrogens with one attached hydrogen (secondary N) is 2. The molecule has 0 atom stereocenters. The number of hydrazone groups is 1. The second kappa shape index (κ2) is 9.20. The number of aromatic hydroxyl groups is 2. The molecule has 0 aliphatic rings. The molecule has 0 bridgehead atoms. The van der Waals surface area contributed by atoms with Gasteiger partial charge in [0, 0.05) is 11.3 Å². The number of alkyl halides is 3. The van der Waals surface area contributed by atoms with Crippen LogP contribution in [0.4, 0.5) is 18.9 Å². The highest BCUT2D eigenvalue weighted by molar-refractivity contribution is 7.92. The number of amides is 1. The quantitative estimate of drug-likeness (QED) is 0.244.